The van der Waals surface area contributed by atoms with E-state index in [0.717, 1.165) is 30.5 Å². The van der Waals surface area contributed by atoms with E-state index in [1.807, 2.05) is 25.1 Å². The fourth-order valence-electron chi connectivity index (χ4n) is 2.51. The second-order valence-corrected chi connectivity index (χ2v) is 7.22. The van der Waals surface area contributed by atoms with Crippen LogP contribution in [0.4, 0.5) is 0 Å². The van der Waals surface area contributed by atoms with Crippen molar-refractivity contribution >= 4 is 34.8 Å². The summed E-state index contributed by atoms with van der Waals surface area (Å²) in [6, 6.07) is 9.06. The van der Waals surface area contributed by atoms with E-state index in [1.165, 1.54) is 0 Å². The Morgan fingerprint density at radius 1 is 1.00 bits per heavy atom. The average molecular weight is 433 g/mol. The van der Waals surface area contributed by atoms with Gasteiger partial charge in [0.15, 0.2) is 11.5 Å². The Kier molecular flexibility index (Phi) is 9.52. The Bertz CT molecular complexity index is 741. The summed E-state index contributed by atoms with van der Waals surface area (Å²) in [7, 11) is 0. The van der Waals surface area contributed by atoms with Crippen LogP contribution in [0.25, 0.3) is 0 Å². The minimum atomic E-state index is 0.214. The summed E-state index contributed by atoms with van der Waals surface area (Å²) in [4.78, 5) is 0. The van der Waals surface area contributed by atoms with Gasteiger partial charge in [-0.25, -0.2) is 0 Å². The molecule has 0 amide bonds. The van der Waals surface area contributed by atoms with Gasteiger partial charge >= 0.3 is 0 Å². The topological polar surface area (TPSA) is 50.7 Å². The molecule has 2 N–H and O–H groups in total. The predicted molar refractivity (Wildman–Crippen MR) is 111 cm³/mol. The second-order valence-electron chi connectivity index (χ2n) is 5.97. The number of hydrogen-bond acceptors (Lipinski definition) is 4. The molecule has 0 fully saturated rings. The van der Waals surface area contributed by atoms with Crippen molar-refractivity contribution in [3.05, 3.63) is 56.5 Å². The first-order chi connectivity index (χ1) is 13.0. The summed E-state index contributed by atoms with van der Waals surface area (Å²) in [6.07, 6.45) is 1.71. The molecule has 0 bridgehead atoms. The maximum absolute atomic E-state index is 8.82. The van der Waals surface area contributed by atoms with Crippen LogP contribution < -0.4 is 14.8 Å². The third kappa shape index (κ3) is 7.05. The van der Waals surface area contributed by atoms with E-state index in [1.54, 1.807) is 12.1 Å². The van der Waals surface area contributed by atoms with E-state index in [0.29, 0.717) is 39.7 Å². The quantitative estimate of drug-likeness (QED) is 0.461. The lowest BCUT2D eigenvalue weighted by molar-refractivity contribution is 0.269. The molecule has 0 atom stereocenters. The minimum Gasteiger partial charge on any atom is -0.490 e. The molecule has 0 aromatic heterocycles. The van der Waals surface area contributed by atoms with Crippen LogP contribution in [0.15, 0.2) is 30.3 Å². The number of halogens is 3. The van der Waals surface area contributed by atoms with Crippen LogP contribution in [0.1, 0.15) is 30.9 Å². The third-order valence-corrected chi connectivity index (χ3v) is 4.71. The first kappa shape index (κ1) is 22.1. The summed E-state index contributed by atoms with van der Waals surface area (Å²) in [5.74, 6) is 1.09. The summed E-state index contributed by atoms with van der Waals surface area (Å²) < 4.78 is 11.6. The highest BCUT2D eigenvalue weighted by molar-refractivity contribution is 6.35. The van der Waals surface area contributed by atoms with Gasteiger partial charge in [-0.1, -0.05) is 40.9 Å². The van der Waals surface area contributed by atoms with Gasteiger partial charge in [-0.2, -0.15) is 0 Å². The lowest BCUT2D eigenvalue weighted by Gasteiger charge is -2.16. The molecule has 0 aliphatic carbocycles. The maximum atomic E-state index is 8.82. The van der Waals surface area contributed by atoms with Gasteiger partial charge in [0, 0.05) is 28.8 Å². The highest BCUT2D eigenvalue weighted by Gasteiger charge is 2.14. The molecule has 148 valence electrons. The number of aliphatic hydroxyl groups excluding tert-OH is 1. The zero-order chi connectivity index (χ0) is 19.6. The molecule has 0 aliphatic heterocycles. The van der Waals surface area contributed by atoms with Crippen molar-refractivity contribution in [1.29, 1.82) is 0 Å². The van der Waals surface area contributed by atoms with Gasteiger partial charge in [0.1, 0.15) is 6.61 Å². The molecule has 4 nitrogen and oxygen atoms in total. The van der Waals surface area contributed by atoms with Crippen molar-refractivity contribution in [3.8, 4) is 11.5 Å². The first-order valence-corrected chi connectivity index (χ1v) is 10.0. The summed E-state index contributed by atoms with van der Waals surface area (Å²) in [5.41, 5.74) is 1.82. The zero-order valence-corrected chi connectivity index (χ0v) is 17.5. The number of nitrogens with one attached hydrogen (secondary N) is 1. The minimum absolute atomic E-state index is 0.214. The molecule has 7 heteroatoms. The van der Waals surface area contributed by atoms with Gasteiger partial charge in [0.05, 0.1) is 11.6 Å². The van der Waals surface area contributed by atoms with Crippen LogP contribution in [-0.2, 0) is 13.2 Å². The standard InChI is InChI=1S/C20H24Cl3NO3/c1-2-26-19-10-14(12-24-7-3-4-8-25)9-18(23)20(19)27-13-15-5-6-16(21)11-17(15)22/h5-6,9-11,24-25H,2-4,7-8,12-13H2,1H3. The SMILES string of the molecule is CCOc1cc(CNCCCCO)cc(Cl)c1OCc1ccc(Cl)cc1Cl. The fourth-order valence-corrected chi connectivity index (χ4v) is 3.26. The highest BCUT2D eigenvalue weighted by atomic mass is 35.5. The summed E-state index contributed by atoms with van der Waals surface area (Å²) in [6.45, 7) is 4.37. The number of rotatable bonds is 11. The number of unbranched alkanes of at least 4 members (excludes halogenated alkanes) is 1. The lowest BCUT2D eigenvalue weighted by Crippen LogP contribution is -2.15. The predicted octanol–water partition coefficient (Wildman–Crippen LogP) is 5.49. The van der Waals surface area contributed by atoms with E-state index in [2.05, 4.69) is 5.32 Å². The lowest BCUT2D eigenvalue weighted by atomic mass is 10.2. The molecule has 0 saturated heterocycles. The molecule has 0 aliphatic rings. The van der Waals surface area contributed by atoms with Crippen LogP contribution >= 0.6 is 34.8 Å². The van der Waals surface area contributed by atoms with Gasteiger partial charge in [-0.05, 0) is 56.1 Å². The summed E-state index contributed by atoms with van der Waals surface area (Å²) >= 11 is 18.6. The van der Waals surface area contributed by atoms with E-state index in [4.69, 9.17) is 49.4 Å². The fraction of sp³-hybridized carbons (Fsp3) is 0.400. The van der Waals surface area contributed by atoms with Gasteiger partial charge in [-0.3, -0.25) is 0 Å². The highest BCUT2D eigenvalue weighted by Crippen LogP contribution is 2.37. The molecular formula is C20H24Cl3NO3. The zero-order valence-electron chi connectivity index (χ0n) is 15.2. The first-order valence-electron chi connectivity index (χ1n) is 8.88. The molecule has 0 radical (unpaired) electrons. The van der Waals surface area contributed by atoms with Crippen molar-refractivity contribution in [1.82, 2.24) is 5.32 Å². The normalized spacial score (nSPS) is 10.9. The molecule has 0 heterocycles. The molecule has 0 unspecified atom stereocenters. The van der Waals surface area contributed by atoms with Crippen LogP contribution in [0.5, 0.6) is 11.5 Å². The van der Waals surface area contributed by atoms with Crippen molar-refractivity contribution in [2.75, 3.05) is 19.8 Å². The number of ether oxygens (including phenoxy) is 2. The number of aliphatic hydroxyl groups is 1. The van der Waals surface area contributed by atoms with Crippen molar-refractivity contribution < 1.29 is 14.6 Å². The van der Waals surface area contributed by atoms with Crippen molar-refractivity contribution in [3.63, 3.8) is 0 Å². The number of hydrogen-bond donors (Lipinski definition) is 2. The molecule has 27 heavy (non-hydrogen) atoms. The molecule has 2 rings (SSSR count). The van der Waals surface area contributed by atoms with E-state index in [9.17, 15) is 0 Å². The van der Waals surface area contributed by atoms with Gasteiger partial charge < -0.3 is 19.9 Å². The van der Waals surface area contributed by atoms with Crippen molar-refractivity contribution in [2.24, 2.45) is 0 Å². The average Bonchev–Trinajstić information content (AvgIpc) is 2.62. The Hall–Kier alpha value is -1.17. The molecular weight excluding hydrogens is 409 g/mol. The third-order valence-electron chi connectivity index (χ3n) is 3.85. The monoisotopic (exact) mass is 431 g/mol. The van der Waals surface area contributed by atoms with Crippen LogP contribution in [0, 0.1) is 0 Å². The molecule has 2 aromatic rings. The maximum Gasteiger partial charge on any atom is 0.180 e. The van der Waals surface area contributed by atoms with E-state index >= 15 is 0 Å². The van der Waals surface area contributed by atoms with E-state index < -0.39 is 0 Å². The largest absolute Gasteiger partial charge is 0.490 e. The van der Waals surface area contributed by atoms with Gasteiger partial charge in [0.25, 0.3) is 0 Å². The Balaban J connectivity index is 2.08. The molecule has 2 aromatic carbocycles. The Morgan fingerprint density at radius 3 is 2.52 bits per heavy atom. The van der Waals surface area contributed by atoms with Crippen LogP contribution in [-0.4, -0.2) is 24.9 Å². The molecule has 0 spiro atoms. The van der Waals surface area contributed by atoms with Gasteiger partial charge in [0.2, 0.25) is 0 Å². The summed E-state index contributed by atoms with van der Waals surface area (Å²) in [5, 5.41) is 13.7. The van der Waals surface area contributed by atoms with E-state index in [-0.39, 0.29) is 13.2 Å². The number of benzene rings is 2. The van der Waals surface area contributed by atoms with Crippen LogP contribution in [0.2, 0.25) is 15.1 Å². The second kappa shape index (κ2) is 11.6. The van der Waals surface area contributed by atoms with Crippen molar-refractivity contribution in [2.45, 2.75) is 32.9 Å². The molecule has 0 saturated carbocycles. The van der Waals surface area contributed by atoms with Gasteiger partial charge in [-0.15, -0.1) is 0 Å². The smallest absolute Gasteiger partial charge is 0.180 e. The Morgan fingerprint density at radius 2 is 1.81 bits per heavy atom. The Labute approximate surface area is 175 Å². The van der Waals surface area contributed by atoms with Crippen LogP contribution in [0.3, 0.4) is 0 Å².